The highest BCUT2D eigenvalue weighted by Gasteiger charge is 2.19. The number of hydrogen-bond donors (Lipinski definition) is 2. The van der Waals surface area contributed by atoms with Gasteiger partial charge in [-0.05, 0) is 105 Å². The zero-order chi connectivity index (χ0) is 27.9. The summed E-state index contributed by atoms with van der Waals surface area (Å²) < 4.78 is 15.1. The standard InChI is InChI=1S/C34H43FN4O/c1-3-39(34(40)31-9-4-6-27(19-31)18-26-12-14-36-15-13-26)24-29-10-11-33(35)32(21-29)30-8-5-7-28(20-30)23-38-17-16-37-25(2)22-38/h4-11,19-21,25-26,36-37H,3,12-18,22-24H2,1-2H3/t25-/m0/s1. The molecule has 2 N–H and O–H groups in total. The van der Waals surface area contributed by atoms with E-state index in [1.165, 1.54) is 30.0 Å². The molecule has 2 saturated heterocycles. The van der Waals surface area contributed by atoms with Crippen molar-refractivity contribution in [3.05, 3.63) is 94.8 Å². The van der Waals surface area contributed by atoms with E-state index in [0.717, 1.165) is 62.4 Å². The molecule has 3 aromatic carbocycles. The normalized spacial score (nSPS) is 18.5. The van der Waals surface area contributed by atoms with E-state index < -0.39 is 0 Å². The van der Waals surface area contributed by atoms with Gasteiger partial charge in [-0.3, -0.25) is 9.69 Å². The van der Waals surface area contributed by atoms with Crippen molar-refractivity contribution in [3.63, 3.8) is 0 Å². The number of amides is 1. The lowest BCUT2D eigenvalue weighted by Crippen LogP contribution is -2.48. The van der Waals surface area contributed by atoms with Crippen LogP contribution in [0.5, 0.6) is 0 Å². The van der Waals surface area contributed by atoms with Gasteiger partial charge < -0.3 is 15.5 Å². The predicted octanol–water partition coefficient (Wildman–Crippen LogP) is 5.49. The van der Waals surface area contributed by atoms with E-state index in [9.17, 15) is 4.79 Å². The summed E-state index contributed by atoms with van der Waals surface area (Å²) in [5.74, 6) is 0.454. The Morgan fingerprint density at radius 2 is 1.77 bits per heavy atom. The second-order valence-electron chi connectivity index (χ2n) is 11.5. The van der Waals surface area contributed by atoms with Crippen molar-refractivity contribution in [2.24, 2.45) is 5.92 Å². The molecule has 6 heteroatoms. The summed E-state index contributed by atoms with van der Waals surface area (Å²) in [7, 11) is 0. The Bertz CT molecular complexity index is 1290. The van der Waals surface area contributed by atoms with Gasteiger partial charge in [0.15, 0.2) is 0 Å². The number of carbonyl (C=O) groups excluding carboxylic acids is 1. The van der Waals surface area contributed by atoms with E-state index in [-0.39, 0.29) is 11.7 Å². The quantitative estimate of drug-likeness (QED) is 0.375. The Hall–Kier alpha value is -3.06. The molecular formula is C34H43FN4O. The molecule has 0 saturated carbocycles. The molecule has 1 atom stereocenters. The van der Waals surface area contributed by atoms with Crippen LogP contribution in [0.15, 0.2) is 66.7 Å². The molecule has 0 aromatic heterocycles. The van der Waals surface area contributed by atoms with Gasteiger partial charge in [-0.15, -0.1) is 0 Å². The average Bonchev–Trinajstić information content (AvgIpc) is 2.97. The number of halogens is 1. The molecule has 2 fully saturated rings. The Balaban J connectivity index is 1.29. The first kappa shape index (κ1) is 28.5. The van der Waals surface area contributed by atoms with Crippen molar-refractivity contribution >= 4 is 5.91 Å². The van der Waals surface area contributed by atoms with Gasteiger partial charge in [0.1, 0.15) is 5.82 Å². The highest BCUT2D eigenvalue weighted by molar-refractivity contribution is 5.94. The van der Waals surface area contributed by atoms with Gasteiger partial charge in [0, 0.05) is 56.4 Å². The molecule has 0 unspecified atom stereocenters. The maximum absolute atomic E-state index is 15.1. The number of nitrogens with one attached hydrogen (secondary N) is 2. The lowest BCUT2D eigenvalue weighted by atomic mass is 9.90. The van der Waals surface area contributed by atoms with Crippen molar-refractivity contribution in [3.8, 4) is 11.1 Å². The summed E-state index contributed by atoms with van der Waals surface area (Å²) in [6, 6.07) is 22.0. The number of nitrogens with zero attached hydrogens (tertiary/aromatic N) is 2. The van der Waals surface area contributed by atoms with Crippen molar-refractivity contribution in [1.82, 2.24) is 20.4 Å². The van der Waals surface area contributed by atoms with Crippen LogP contribution >= 0.6 is 0 Å². The van der Waals surface area contributed by atoms with Gasteiger partial charge in [-0.2, -0.15) is 0 Å². The Morgan fingerprint density at radius 1 is 0.975 bits per heavy atom. The number of carbonyl (C=O) groups is 1. The molecule has 0 aliphatic carbocycles. The number of hydrogen-bond acceptors (Lipinski definition) is 4. The molecule has 212 valence electrons. The number of rotatable bonds is 9. The molecule has 0 bridgehead atoms. The molecule has 2 aliphatic heterocycles. The number of benzene rings is 3. The van der Waals surface area contributed by atoms with Crippen LogP contribution in [0.2, 0.25) is 0 Å². The largest absolute Gasteiger partial charge is 0.335 e. The van der Waals surface area contributed by atoms with Crippen LogP contribution in [-0.2, 0) is 19.5 Å². The smallest absolute Gasteiger partial charge is 0.254 e. The second kappa shape index (κ2) is 13.5. The second-order valence-corrected chi connectivity index (χ2v) is 11.5. The molecule has 2 heterocycles. The topological polar surface area (TPSA) is 47.6 Å². The highest BCUT2D eigenvalue weighted by atomic mass is 19.1. The van der Waals surface area contributed by atoms with Gasteiger partial charge in [-0.1, -0.05) is 36.4 Å². The van der Waals surface area contributed by atoms with Crippen molar-refractivity contribution in [2.75, 3.05) is 39.3 Å². The van der Waals surface area contributed by atoms with Gasteiger partial charge in [0.25, 0.3) is 5.91 Å². The third kappa shape index (κ3) is 7.36. The van der Waals surface area contributed by atoms with Crippen LogP contribution in [0, 0.1) is 11.7 Å². The van der Waals surface area contributed by atoms with E-state index in [1.54, 1.807) is 6.07 Å². The monoisotopic (exact) mass is 542 g/mol. The summed E-state index contributed by atoms with van der Waals surface area (Å²) >= 11 is 0. The molecule has 0 radical (unpaired) electrons. The first-order valence-corrected chi connectivity index (χ1v) is 14.9. The van der Waals surface area contributed by atoms with E-state index in [0.29, 0.717) is 30.6 Å². The van der Waals surface area contributed by atoms with E-state index in [2.05, 4.69) is 46.7 Å². The van der Waals surface area contributed by atoms with Crippen LogP contribution in [0.4, 0.5) is 4.39 Å². The van der Waals surface area contributed by atoms with Crippen molar-refractivity contribution in [1.29, 1.82) is 0 Å². The van der Waals surface area contributed by atoms with Gasteiger partial charge >= 0.3 is 0 Å². The minimum atomic E-state index is -0.239. The first-order valence-electron chi connectivity index (χ1n) is 14.9. The average molecular weight is 543 g/mol. The lowest BCUT2D eigenvalue weighted by Gasteiger charge is -2.31. The number of piperazine rings is 1. The Morgan fingerprint density at radius 3 is 2.58 bits per heavy atom. The fraction of sp³-hybridized carbons (Fsp3) is 0.441. The molecule has 1 amide bonds. The van der Waals surface area contributed by atoms with Gasteiger partial charge in [0.2, 0.25) is 0 Å². The fourth-order valence-electron chi connectivity index (χ4n) is 6.12. The van der Waals surface area contributed by atoms with Crippen molar-refractivity contribution in [2.45, 2.75) is 52.2 Å². The zero-order valence-corrected chi connectivity index (χ0v) is 24.0. The molecule has 2 aliphatic rings. The van der Waals surface area contributed by atoms with Gasteiger partial charge in [-0.25, -0.2) is 4.39 Å². The molecule has 5 nitrogen and oxygen atoms in total. The first-order chi connectivity index (χ1) is 19.5. The van der Waals surface area contributed by atoms with Crippen LogP contribution in [-0.4, -0.2) is 61.0 Å². The van der Waals surface area contributed by atoms with Crippen LogP contribution in [0.3, 0.4) is 0 Å². The maximum Gasteiger partial charge on any atom is 0.254 e. The highest BCUT2D eigenvalue weighted by Crippen LogP contribution is 2.27. The number of piperidine rings is 1. The predicted molar refractivity (Wildman–Crippen MR) is 161 cm³/mol. The van der Waals surface area contributed by atoms with Crippen LogP contribution < -0.4 is 10.6 Å². The van der Waals surface area contributed by atoms with Crippen LogP contribution in [0.1, 0.15) is 53.7 Å². The van der Waals surface area contributed by atoms with Gasteiger partial charge in [0.05, 0.1) is 0 Å². The maximum atomic E-state index is 15.1. The lowest BCUT2D eigenvalue weighted by molar-refractivity contribution is 0.0752. The van der Waals surface area contributed by atoms with E-state index >= 15 is 4.39 Å². The van der Waals surface area contributed by atoms with E-state index in [4.69, 9.17) is 0 Å². The SMILES string of the molecule is CCN(Cc1ccc(F)c(-c2cccc(CN3CCN[C@@H](C)C3)c2)c1)C(=O)c1cccc(CC2CCNCC2)c1. The Labute approximate surface area is 238 Å². The molecular weight excluding hydrogens is 499 g/mol. The molecule has 0 spiro atoms. The molecule has 5 rings (SSSR count). The summed E-state index contributed by atoms with van der Waals surface area (Å²) in [6.07, 6.45) is 3.39. The summed E-state index contributed by atoms with van der Waals surface area (Å²) in [4.78, 5) is 17.8. The van der Waals surface area contributed by atoms with Crippen molar-refractivity contribution < 1.29 is 9.18 Å². The van der Waals surface area contributed by atoms with Crippen LogP contribution in [0.25, 0.3) is 11.1 Å². The summed E-state index contributed by atoms with van der Waals surface area (Å²) in [5.41, 5.74) is 5.53. The fourth-order valence-corrected chi connectivity index (χ4v) is 6.12. The molecule has 3 aromatic rings. The molecule has 40 heavy (non-hydrogen) atoms. The third-order valence-corrected chi connectivity index (χ3v) is 8.33. The zero-order valence-electron chi connectivity index (χ0n) is 24.0. The summed E-state index contributed by atoms with van der Waals surface area (Å²) in [6.45, 7) is 11.3. The summed E-state index contributed by atoms with van der Waals surface area (Å²) in [5, 5.41) is 6.91. The minimum absolute atomic E-state index is 0.0211. The third-order valence-electron chi connectivity index (χ3n) is 8.33. The minimum Gasteiger partial charge on any atom is -0.335 e. The van der Waals surface area contributed by atoms with E-state index in [1.807, 2.05) is 42.2 Å². The Kier molecular flexibility index (Phi) is 9.63.